The quantitative estimate of drug-likeness (QED) is 0.0836. The number of aromatic nitrogens is 1. The normalized spacial score (nSPS) is 18.2. The lowest BCUT2D eigenvalue weighted by Crippen LogP contribution is -2.57. The molecule has 19 heteroatoms. The fourth-order valence-corrected chi connectivity index (χ4v) is 8.30. The van der Waals surface area contributed by atoms with Crippen LogP contribution in [0.15, 0.2) is 48.7 Å². The maximum atomic E-state index is 13.7. The smallest absolute Gasteiger partial charge is 0.264 e. The number of hydrogen-bond donors (Lipinski definition) is 4. The first kappa shape index (κ1) is 44.0. The van der Waals surface area contributed by atoms with Crippen molar-refractivity contribution in [1.29, 1.82) is 5.26 Å². The van der Waals surface area contributed by atoms with E-state index in [4.69, 9.17) is 42.1 Å². The molecule has 1 aromatic heterocycles. The van der Waals surface area contributed by atoms with Crippen molar-refractivity contribution in [1.82, 2.24) is 25.4 Å². The van der Waals surface area contributed by atoms with Gasteiger partial charge in [0.05, 0.1) is 77.1 Å². The first-order valence-electron chi connectivity index (χ1n) is 20.0. The summed E-state index contributed by atoms with van der Waals surface area (Å²) in [5.41, 5.74) is 2.48. The Kier molecular flexibility index (Phi) is 13.7. The van der Waals surface area contributed by atoms with Crippen LogP contribution in [0, 0.1) is 11.3 Å². The van der Waals surface area contributed by atoms with Crippen LogP contribution in [0.2, 0.25) is 10.0 Å². The number of imide groups is 2. The summed E-state index contributed by atoms with van der Waals surface area (Å²) in [5, 5.41) is 23.1. The minimum Gasteiger partial charge on any atom is -0.495 e. The fraction of sp³-hybridized carbons (Fsp3) is 0.372. The van der Waals surface area contributed by atoms with Crippen molar-refractivity contribution in [2.75, 3.05) is 70.8 Å². The van der Waals surface area contributed by atoms with Gasteiger partial charge in [-0.25, -0.2) is 0 Å². The van der Waals surface area contributed by atoms with E-state index in [0.29, 0.717) is 94.5 Å². The van der Waals surface area contributed by atoms with Crippen LogP contribution in [-0.2, 0) is 19.1 Å². The van der Waals surface area contributed by atoms with Gasteiger partial charge in [0.25, 0.3) is 11.8 Å². The summed E-state index contributed by atoms with van der Waals surface area (Å²) in [5.74, 6) is -1.12. The fourth-order valence-electron chi connectivity index (χ4n) is 7.79. The average molecular weight is 888 g/mol. The van der Waals surface area contributed by atoms with Gasteiger partial charge < -0.3 is 34.9 Å². The molecule has 7 rings (SSSR count). The first-order chi connectivity index (χ1) is 29.9. The van der Waals surface area contributed by atoms with Crippen LogP contribution in [0.4, 0.5) is 17.1 Å². The molecule has 0 radical (unpaired) electrons. The van der Waals surface area contributed by atoms with Gasteiger partial charge in [0.2, 0.25) is 11.8 Å². The maximum absolute atomic E-state index is 13.7. The highest BCUT2D eigenvalue weighted by Crippen LogP contribution is 2.41. The zero-order chi connectivity index (χ0) is 44.1. The number of carbonyl (C=O) groups excluding carboxylic acids is 5. The van der Waals surface area contributed by atoms with E-state index in [1.54, 1.807) is 43.3 Å². The molecule has 2 saturated heterocycles. The molecule has 0 saturated carbocycles. The number of piperazine rings is 1. The molecule has 17 nitrogen and oxygen atoms in total. The number of ketones is 1. The van der Waals surface area contributed by atoms with Crippen LogP contribution in [0.1, 0.15) is 52.5 Å². The third-order valence-electron chi connectivity index (χ3n) is 11.0. The van der Waals surface area contributed by atoms with Gasteiger partial charge in [-0.15, -0.1) is 0 Å². The number of hydrogen-bond acceptors (Lipinski definition) is 15. The minimum atomic E-state index is -1.07. The van der Waals surface area contributed by atoms with Crippen LogP contribution < -0.4 is 35.5 Å². The predicted octanol–water partition coefficient (Wildman–Crippen LogP) is 4.70. The summed E-state index contributed by atoms with van der Waals surface area (Å²) < 4.78 is 23.2. The predicted molar refractivity (Wildman–Crippen MR) is 230 cm³/mol. The topological polar surface area (TPSA) is 214 Å². The number of fused-ring (bicyclic) bond motifs is 2. The van der Waals surface area contributed by atoms with E-state index >= 15 is 0 Å². The highest BCUT2D eigenvalue weighted by Gasteiger charge is 2.45. The van der Waals surface area contributed by atoms with E-state index in [9.17, 15) is 29.2 Å². The van der Waals surface area contributed by atoms with Gasteiger partial charge in [-0.05, 0) is 44.0 Å². The Hall–Kier alpha value is -6.03. The zero-order valence-electron chi connectivity index (χ0n) is 34.1. The number of halogens is 2. The Morgan fingerprint density at radius 1 is 1.02 bits per heavy atom. The number of ether oxygens (including phenoxy) is 4. The molecular weight excluding hydrogens is 843 g/mol. The lowest BCUT2D eigenvalue weighted by atomic mass is 10.0. The van der Waals surface area contributed by atoms with Gasteiger partial charge >= 0.3 is 0 Å². The van der Waals surface area contributed by atoms with Crippen LogP contribution in [0.5, 0.6) is 17.2 Å². The highest BCUT2D eigenvalue weighted by atomic mass is 35.5. The molecule has 324 valence electrons. The van der Waals surface area contributed by atoms with Crippen LogP contribution in [0.3, 0.4) is 0 Å². The molecule has 3 aliphatic rings. The number of anilines is 3. The van der Waals surface area contributed by atoms with Gasteiger partial charge in [0.15, 0.2) is 17.3 Å². The van der Waals surface area contributed by atoms with Crippen LogP contribution in [-0.4, -0.2) is 123 Å². The molecule has 3 atom stereocenters. The number of piperidine rings is 1. The van der Waals surface area contributed by atoms with Crippen molar-refractivity contribution in [3.8, 4) is 23.3 Å². The Morgan fingerprint density at radius 2 is 1.82 bits per heavy atom. The Bertz CT molecular complexity index is 2480. The van der Waals surface area contributed by atoms with Gasteiger partial charge in [-0.2, -0.15) is 5.26 Å². The summed E-state index contributed by atoms with van der Waals surface area (Å²) >= 11 is 12.7. The first-order valence-corrected chi connectivity index (χ1v) is 20.7. The molecule has 3 unspecified atom stereocenters. The Morgan fingerprint density at radius 3 is 2.58 bits per heavy atom. The Labute approximate surface area is 366 Å². The highest BCUT2D eigenvalue weighted by molar-refractivity contribution is 6.37. The SMILES string of the molecule is COc1cc(Nc2c(C#N)cnc3cc(OCCCN4CCNCC4C(=O)C(C)OCCNc4cccc5c4C(=O)N(C4CCC(=O)NC4=O)C5=O)c(OC)cc23)c(Cl)cc1Cl. The number of benzene rings is 3. The second kappa shape index (κ2) is 19.3. The second-order valence-corrected chi connectivity index (χ2v) is 15.6. The van der Waals surface area contributed by atoms with Crippen molar-refractivity contribution in [2.45, 2.75) is 44.4 Å². The molecule has 3 aliphatic heterocycles. The van der Waals surface area contributed by atoms with Gasteiger partial charge in [-0.1, -0.05) is 29.3 Å². The number of methoxy groups -OCH3 is 2. The second-order valence-electron chi connectivity index (χ2n) is 14.7. The van der Waals surface area contributed by atoms with Crippen LogP contribution >= 0.6 is 23.2 Å². The molecule has 3 aromatic carbocycles. The summed E-state index contributed by atoms with van der Waals surface area (Å²) in [6.45, 7) is 4.78. The molecule has 4 amide bonds. The Balaban J connectivity index is 0.927. The number of nitrogens with zero attached hydrogens (tertiary/aromatic N) is 4. The van der Waals surface area contributed by atoms with Crippen molar-refractivity contribution < 1.29 is 42.9 Å². The van der Waals surface area contributed by atoms with E-state index in [1.165, 1.54) is 26.5 Å². The standard InChI is InChI=1S/C43H44Cl2N8O9/c1-23(61-15-11-48-29-7-4-6-25-38(29)43(58)53(42(25)57)32-8-9-37(54)51-41(32)56)40(55)33-22-47-10-13-52(33)12-5-14-62-36-18-30-26(16-35(36)60-3)39(24(20-46)21-49-30)50-31-19-34(59-2)28(45)17-27(31)44/h4,6-7,16-19,21,23,32-33,47-48H,5,8-15,22H2,1-3H3,(H,49,50)(H,51,54,56). The zero-order valence-corrected chi connectivity index (χ0v) is 35.7. The average Bonchev–Trinajstić information content (AvgIpc) is 3.52. The number of pyridine rings is 1. The van der Waals surface area contributed by atoms with Crippen molar-refractivity contribution in [2.24, 2.45) is 0 Å². The number of carbonyl (C=O) groups is 5. The number of rotatable bonds is 17. The van der Waals surface area contributed by atoms with E-state index < -0.39 is 41.8 Å². The molecule has 62 heavy (non-hydrogen) atoms. The molecule has 4 N–H and O–H groups in total. The van der Waals surface area contributed by atoms with Crippen molar-refractivity contribution >= 4 is 80.6 Å². The third-order valence-corrected chi connectivity index (χ3v) is 11.6. The third kappa shape index (κ3) is 9.10. The minimum absolute atomic E-state index is 0.0282. The summed E-state index contributed by atoms with van der Waals surface area (Å²) in [6, 6.07) is 12.2. The number of Topliss-reactive ketones (excluding diaryl/α,β-unsaturated/α-hetero) is 1. The van der Waals surface area contributed by atoms with E-state index in [0.717, 1.165) is 4.90 Å². The number of nitrogens with one attached hydrogen (secondary N) is 4. The van der Waals surface area contributed by atoms with Crippen LogP contribution in [0.25, 0.3) is 10.9 Å². The van der Waals surface area contributed by atoms with E-state index in [1.807, 2.05) is 0 Å². The molecule has 4 aromatic rings. The molecule has 0 aliphatic carbocycles. The number of amides is 4. The maximum Gasteiger partial charge on any atom is 0.264 e. The largest absolute Gasteiger partial charge is 0.495 e. The molecule has 4 heterocycles. The van der Waals surface area contributed by atoms with Gasteiger partial charge in [0, 0.05) is 68.5 Å². The van der Waals surface area contributed by atoms with Gasteiger partial charge in [-0.3, -0.25) is 44.1 Å². The van der Waals surface area contributed by atoms with Crippen molar-refractivity contribution in [3.05, 3.63) is 75.4 Å². The van der Waals surface area contributed by atoms with Gasteiger partial charge in [0.1, 0.15) is 24.0 Å². The van der Waals surface area contributed by atoms with E-state index in [-0.39, 0.29) is 48.5 Å². The number of nitriles is 1. The molecule has 0 spiro atoms. The molecule has 2 fully saturated rings. The summed E-state index contributed by atoms with van der Waals surface area (Å²) in [4.78, 5) is 72.0. The summed E-state index contributed by atoms with van der Waals surface area (Å²) in [6.07, 6.45) is 1.41. The summed E-state index contributed by atoms with van der Waals surface area (Å²) in [7, 11) is 3.02. The lowest BCUT2D eigenvalue weighted by Gasteiger charge is -2.36. The molecule has 0 bridgehead atoms. The molecular formula is C43H44Cl2N8O9. The van der Waals surface area contributed by atoms with E-state index in [2.05, 4.69) is 37.2 Å². The van der Waals surface area contributed by atoms with Crippen molar-refractivity contribution in [3.63, 3.8) is 0 Å². The lowest BCUT2D eigenvalue weighted by molar-refractivity contribution is -0.136. The monoisotopic (exact) mass is 886 g/mol.